The molecule has 1 atom stereocenters. The molecule has 1 fully saturated rings. The van der Waals surface area contributed by atoms with Gasteiger partial charge in [0.2, 0.25) is 15.9 Å². The highest BCUT2D eigenvalue weighted by molar-refractivity contribution is 7.89. The van der Waals surface area contributed by atoms with Crippen molar-refractivity contribution in [2.75, 3.05) is 5.32 Å². The zero-order chi connectivity index (χ0) is 26.3. The van der Waals surface area contributed by atoms with Gasteiger partial charge in [-0.3, -0.25) is 9.59 Å². The molecule has 2 aromatic carbocycles. The average Bonchev–Trinajstić information content (AvgIpc) is 2.83. The number of nitriles is 1. The predicted molar refractivity (Wildman–Crippen MR) is 139 cm³/mol. The first-order chi connectivity index (χ1) is 17.0. The van der Waals surface area contributed by atoms with E-state index in [0.29, 0.717) is 29.2 Å². The summed E-state index contributed by atoms with van der Waals surface area (Å²) < 4.78 is 27.7. The zero-order valence-corrected chi connectivity index (χ0v) is 21.8. The number of nitrogens with one attached hydrogen (secondary N) is 3. The molecule has 3 N–H and O–H groups in total. The molecular formula is C27H34N4O4S. The molecule has 1 aliphatic carbocycles. The predicted octanol–water partition coefficient (Wildman–Crippen LogP) is 4.34. The summed E-state index contributed by atoms with van der Waals surface area (Å²) in [6.45, 7) is 5.28. The van der Waals surface area contributed by atoms with Crippen LogP contribution in [0.2, 0.25) is 0 Å². The number of rotatable bonds is 8. The van der Waals surface area contributed by atoms with Crippen LogP contribution in [0, 0.1) is 17.2 Å². The van der Waals surface area contributed by atoms with Gasteiger partial charge in [0.15, 0.2) is 0 Å². The van der Waals surface area contributed by atoms with Crippen molar-refractivity contribution in [3.63, 3.8) is 0 Å². The average molecular weight is 511 g/mol. The molecule has 36 heavy (non-hydrogen) atoms. The Morgan fingerprint density at radius 1 is 1.06 bits per heavy atom. The molecule has 0 saturated heterocycles. The third kappa shape index (κ3) is 7.90. The second-order valence-electron chi connectivity index (χ2n) is 10.3. The summed E-state index contributed by atoms with van der Waals surface area (Å²) in [5.41, 5.74) is 0.496. The highest BCUT2D eigenvalue weighted by atomic mass is 32.2. The Hall–Kier alpha value is -3.22. The highest BCUT2D eigenvalue weighted by Crippen LogP contribution is 2.28. The molecule has 0 radical (unpaired) electrons. The van der Waals surface area contributed by atoms with Crippen LogP contribution in [0.25, 0.3) is 0 Å². The minimum atomic E-state index is -3.69. The van der Waals surface area contributed by atoms with Gasteiger partial charge in [-0.15, -0.1) is 0 Å². The van der Waals surface area contributed by atoms with Crippen molar-refractivity contribution in [3.05, 3.63) is 59.7 Å². The molecule has 3 rings (SSSR count). The van der Waals surface area contributed by atoms with Crippen molar-refractivity contribution in [1.82, 2.24) is 10.0 Å². The number of carbonyl (C=O) groups is 2. The van der Waals surface area contributed by atoms with Gasteiger partial charge in [0.25, 0.3) is 5.91 Å². The van der Waals surface area contributed by atoms with Gasteiger partial charge in [0, 0.05) is 16.8 Å². The van der Waals surface area contributed by atoms with Crippen LogP contribution in [-0.2, 0) is 14.8 Å². The zero-order valence-electron chi connectivity index (χ0n) is 21.0. The van der Waals surface area contributed by atoms with Crippen molar-refractivity contribution in [3.8, 4) is 6.07 Å². The maximum Gasteiger partial charge on any atom is 0.251 e. The smallest absolute Gasteiger partial charge is 0.251 e. The Bertz CT molecular complexity index is 1220. The molecule has 0 heterocycles. The molecule has 8 nitrogen and oxygen atoms in total. The molecular weight excluding hydrogens is 476 g/mol. The van der Waals surface area contributed by atoms with Crippen molar-refractivity contribution < 1.29 is 18.0 Å². The Morgan fingerprint density at radius 2 is 1.72 bits per heavy atom. The van der Waals surface area contributed by atoms with Crippen molar-refractivity contribution >= 4 is 27.5 Å². The summed E-state index contributed by atoms with van der Waals surface area (Å²) >= 11 is 0. The minimum Gasteiger partial charge on any atom is -0.340 e. The van der Waals surface area contributed by atoms with E-state index in [-0.39, 0.29) is 10.8 Å². The molecule has 1 saturated carbocycles. The van der Waals surface area contributed by atoms with Gasteiger partial charge in [-0.05, 0) is 75.6 Å². The molecule has 2 aromatic rings. The van der Waals surface area contributed by atoms with E-state index in [9.17, 15) is 18.0 Å². The molecule has 9 heteroatoms. The topological polar surface area (TPSA) is 128 Å². The normalized spacial score (nSPS) is 15.5. The Balaban J connectivity index is 1.75. The molecule has 2 amide bonds. The number of sulfonamides is 1. The summed E-state index contributed by atoms with van der Waals surface area (Å²) in [6, 6.07) is 13.5. The van der Waals surface area contributed by atoms with E-state index in [1.807, 2.05) is 6.07 Å². The molecule has 192 valence electrons. The van der Waals surface area contributed by atoms with Crippen LogP contribution in [-0.4, -0.2) is 31.8 Å². The molecule has 1 unspecified atom stereocenters. The van der Waals surface area contributed by atoms with E-state index in [0.717, 1.165) is 25.7 Å². The van der Waals surface area contributed by atoms with E-state index >= 15 is 0 Å². The van der Waals surface area contributed by atoms with Crippen LogP contribution < -0.4 is 15.4 Å². The summed E-state index contributed by atoms with van der Waals surface area (Å²) in [5, 5.41) is 14.8. The second-order valence-corrected chi connectivity index (χ2v) is 12.0. The van der Waals surface area contributed by atoms with E-state index in [1.54, 1.807) is 39.0 Å². The van der Waals surface area contributed by atoms with Gasteiger partial charge in [-0.25, -0.2) is 13.1 Å². The fourth-order valence-corrected chi connectivity index (χ4v) is 5.79. The Morgan fingerprint density at radius 3 is 2.33 bits per heavy atom. The standard InChI is InChI=1S/C27H34N4O4S/c1-27(2,3)31-36(34,35)23-14-12-22(13-15-23)29-26(33)24(17-19-8-5-4-6-9-19)30-25(32)21-11-7-10-20(16-21)18-28/h7,10-16,19,24,31H,4-6,8-9,17H2,1-3H3,(H,29,33)(H,30,32). The van der Waals surface area contributed by atoms with Crippen molar-refractivity contribution in [2.45, 2.75) is 75.8 Å². The Kier molecular flexibility index (Phi) is 8.88. The van der Waals surface area contributed by atoms with E-state index < -0.39 is 27.5 Å². The van der Waals surface area contributed by atoms with Crippen LogP contribution in [0.4, 0.5) is 5.69 Å². The number of hydrogen-bond acceptors (Lipinski definition) is 5. The van der Waals surface area contributed by atoms with Crippen LogP contribution in [0.5, 0.6) is 0 Å². The van der Waals surface area contributed by atoms with E-state index in [2.05, 4.69) is 15.4 Å². The lowest BCUT2D eigenvalue weighted by Crippen LogP contribution is -2.45. The lowest BCUT2D eigenvalue weighted by Gasteiger charge is -2.26. The first kappa shape index (κ1) is 27.4. The fraction of sp³-hybridized carbons (Fsp3) is 0.444. The summed E-state index contributed by atoms with van der Waals surface area (Å²) in [7, 11) is -3.69. The molecule has 0 bridgehead atoms. The third-order valence-electron chi connectivity index (χ3n) is 6.04. The maximum absolute atomic E-state index is 13.2. The number of amides is 2. The van der Waals surface area contributed by atoms with Gasteiger partial charge in [0.1, 0.15) is 6.04 Å². The molecule has 0 aromatic heterocycles. The number of carbonyl (C=O) groups excluding carboxylic acids is 2. The van der Waals surface area contributed by atoms with Gasteiger partial charge in [-0.1, -0.05) is 38.2 Å². The molecule has 0 aliphatic heterocycles. The van der Waals surface area contributed by atoms with Crippen LogP contribution >= 0.6 is 0 Å². The van der Waals surface area contributed by atoms with Crippen LogP contribution in [0.15, 0.2) is 53.4 Å². The highest BCUT2D eigenvalue weighted by Gasteiger charge is 2.27. The van der Waals surface area contributed by atoms with Gasteiger partial charge < -0.3 is 10.6 Å². The monoisotopic (exact) mass is 510 g/mol. The van der Waals surface area contributed by atoms with E-state index in [4.69, 9.17) is 5.26 Å². The number of anilines is 1. The summed E-state index contributed by atoms with van der Waals surface area (Å²) in [6.07, 6.45) is 5.93. The van der Waals surface area contributed by atoms with Gasteiger partial charge in [0.05, 0.1) is 16.5 Å². The van der Waals surface area contributed by atoms with Crippen molar-refractivity contribution in [2.24, 2.45) is 5.92 Å². The fourth-order valence-electron chi connectivity index (χ4n) is 4.37. The quantitative estimate of drug-likeness (QED) is 0.487. The lowest BCUT2D eigenvalue weighted by molar-refractivity contribution is -0.118. The van der Waals surface area contributed by atoms with Gasteiger partial charge in [-0.2, -0.15) is 5.26 Å². The first-order valence-corrected chi connectivity index (χ1v) is 13.7. The second kappa shape index (κ2) is 11.7. The first-order valence-electron chi connectivity index (χ1n) is 12.2. The number of nitrogens with zero attached hydrogens (tertiary/aromatic N) is 1. The largest absolute Gasteiger partial charge is 0.340 e. The van der Waals surface area contributed by atoms with E-state index in [1.165, 1.54) is 36.8 Å². The van der Waals surface area contributed by atoms with Gasteiger partial charge >= 0.3 is 0 Å². The SMILES string of the molecule is CC(C)(C)NS(=O)(=O)c1ccc(NC(=O)C(CC2CCCCC2)NC(=O)c2cccc(C#N)c2)cc1. The lowest BCUT2D eigenvalue weighted by atomic mass is 9.84. The number of hydrogen-bond donors (Lipinski definition) is 3. The van der Waals surface area contributed by atoms with Crippen LogP contribution in [0.3, 0.4) is 0 Å². The maximum atomic E-state index is 13.2. The summed E-state index contributed by atoms with van der Waals surface area (Å²) in [4.78, 5) is 26.3. The Labute approximate surface area is 213 Å². The molecule has 1 aliphatic rings. The molecule has 0 spiro atoms. The minimum absolute atomic E-state index is 0.0971. The summed E-state index contributed by atoms with van der Waals surface area (Å²) in [5.74, 6) is -0.456. The number of benzene rings is 2. The van der Waals surface area contributed by atoms with Crippen molar-refractivity contribution in [1.29, 1.82) is 5.26 Å². The third-order valence-corrected chi connectivity index (χ3v) is 7.82. The van der Waals surface area contributed by atoms with Crippen LogP contribution in [0.1, 0.15) is 75.2 Å².